The van der Waals surface area contributed by atoms with E-state index in [1.54, 1.807) is 6.07 Å². The van der Waals surface area contributed by atoms with Crippen molar-refractivity contribution in [2.75, 3.05) is 5.32 Å². The molecule has 0 aliphatic rings. The Bertz CT molecular complexity index is 686. The molecule has 0 radical (unpaired) electrons. The highest BCUT2D eigenvalue weighted by molar-refractivity contribution is 8.00. The monoisotopic (exact) mass is 335 g/mol. The van der Waals surface area contributed by atoms with Crippen LogP contribution in [0.15, 0.2) is 29.3 Å². The van der Waals surface area contributed by atoms with Crippen molar-refractivity contribution in [1.82, 2.24) is 9.97 Å². The zero-order chi connectivity index (χ0) is 16.3. The lowest BCUT2D eigenvalue weighted by atomic mass is 10.2. The fourth-order valence-electron chi connectivity index (χ4n) is 1.96. The molecule has 4 nitrogen and oxygen atoms in total. The number of hydrogen-bond donors (Lipinski definition) is 1. The number of carbonyl (C=O) groups is 1. The SMILES string of the molecule is Cc1cc(S[C@@H](C)C(=O)Nc2cccc(Cl)c2C)nc(C)n1. The van der Waals surface area contributed by atoms with Gasteiger partial charge in [0.2, 0.25) is 5.91 Å². The molecule has 1 N–H and O–H groups in total. The minimum Gasteiger partial charge on any atom is -0.325 e. The van der Waals surface area contributed by atoms with E-state index < -0.39 is 0 Å². The summed E-state index contributed by atoms with van der Waals surface area (Å²) < 4.78 is 0. The van der Waals surface area contributed by atoms with Crippen LogP contribution in [0, 0.1) is 20.8 Å². The van der Waals surface area contributed by atoms with E-state index in [2.05, 4.69) is 15.3 Å². The zero-order valence-corrected chi connectivity index (χ0v) is 14.5. The van der Waals surface area contributed by atoms with Gasteiger partial charge in [-0.15, -0.1) is 0 Å². The average Bonchev–Trinajstić information content (AvgIpc) is 2.42. The van der Waals surface area contributed by atoms with Crippen LogP contribution in [0.4, 0.5) is 5.69 Å². The Labute approximate surface area is 139 Å². The van der Waals surface area contributed by atoms with Crippen LogP contribution in [0.3, 0.4) is 0 Å². The summed E-state index contributed by atoms with van der Waals surface area (Å²) in [5, 5.41) is 4.08. The van der Waals surface area contributed by atoms with Gasteiger partial charge >= 0.3 is 0 Å². The molecular formula is C16H18ClN3OS. The molecule has 2 aromatic rings. The summed E-state index contributed by atoms with van der Waals surface area (Å²) in [6, 6.07) is 7.35. The van der Waals surface area contributed by atoms with Crippen molar-refractivity contribution < 1.29 is 4.79 Å². The van der Waals surface area contributed by atoms with Gasteiger partial charge in [-0.05, 0) is 51.5 Å². The van der Waals surface area contributed by atoms with Gasteiger partial charge in [-0.1, -0.05) is 29.4 Å². The molecule has 0 aliphatic heterocycles. The zero-order valence-electron chi connectivity index (χ0n) is 13.0. The van der Waals surface area contributed by atoms with Crippen LogP contribution >= 0.6 is 23.4 Å². The molecule has 22 heavy (non-hydrogen) atoms. The quantitative estimate of drug-likeness (QED) is 0.673. The summed E-state index contributed by atoms with van der Waals surface area (Å²) in [4.78, 5) is 20.9. The molecule has 116 valence electrons. The molecule has 0 saturated carbocycles. The van der Waals surface area contributed by atoms with E-state index >= 15 is 0 Å². The Balaban J connectivity index is 2.07. The molecule has 6 heteroatoms. The van der Waals surface area contributed by atoms with Crippen molar-refractivity contribution in [1.29, 1.82) is 0 Å². The van der Waals surface area contributed by atoms with E-state index in [1.807, 2.05) is 45.9 Å². The lowest BCUT2D eigenvalue weighted by molar-refractivity contribution is -0.115. The molecule has 0 saturated heterocycles. The first-order valence-corrected chi connectivity index (χ1v) is 8.17. The molecule has 1 aromatic heterocycles. The Kier molecular flexibility index (Phi) is 5.42. The van der Waals surface area contributed by atoms with E-state index in [4.69, 9.17) is 11.6 Å². The van der Waals surface area contributed by atoms with E-state index in [1.165, 1.54) is 11.8 Å². The minimum atomic E-state index is -0.271. The number of benzene rings is 1. The summed E-state index contributed by atoms with van der Waals surface area (Å²) in [5.74, 6) is 0.630. The van der Waals surface area contributed by atoms with Gasteiger partial charge in [-0.3, -0.25) is 4.79 Å². The molecule has 1 amide bonds. The number of anilines is 1. The van der Waals surface area contributed by atoms with Crippen LogP contribution in [-0.2, 0) is 4.79 Å². The van der Waals surface area contributed by atoms with Crippen LogP contribution in [-0.4, -0.2) is 21.1 Å². The molecule has 0 spiro atoms. The number of carbonyl (C=O) groups excluding carboxylic acids is 1. The smallest absolute Gasteiger partial charge is 0.237 e. The molecule has 0 unspecified atom stereocenters. The van der Waals surface area contributed by atoms with Crippen LogP contribution < -0.4 is 5.32 Å². The van der Waals surface area contributed by atoms with Gasteiger partial charge in [-0.2, -0.15) is 0 Å². The first-order valence-electron chi connectivity index (χ1n) is 6.91. The maximum absolute atomic E-state index is 12.3. The molecule has 0 fully saturated rings. The van der Waals surface area contributed by atoms with Crippen LogP contribution in [0.5, 0.6) is 0 Å². The first kappa shape index (κ1) is 16.8. The molecular weight excluding hydrogens is 318 g/mol. The van der Waals surface area contributed by atoms with Gasteiger partial charge in [0.15, 0.2) is 0 Å². The Morgan fingerprint density at radius 3 is 2.68 bits per heavy atom. The van der Waals surface area contributed by atoms with Crippen molar-refractivity contribution in [2.45, 2.75) is 38.0 Å². The summed E-state index contributed by atoms with van der Waals surface area (Å²) in [6.07, 6.45) is 0. The molecule has 1 heterocycles. The summed E-state index contributed by atoms with van der Waals surface area (Å²) >= 11 is 7.48. The minimum absolute atomic E-state index is 0.0794. The predicted octanol–water partition coefficient (Wildman–Crippen LogP) is 4.17. The number of hydrogen-bond acceptors (Lipinski definition) is 4. The second-order valence-electron chi connectivity index (χ2n) is 5.06. The third-order valence-electron chi connectivity index (χ3n) is 3.13. The van der Waals surface area contributed by atoms with Crippen LogP contribution in [0.1, 0.15) is 24.0 Å². The van der Waals surface area contributed by atoms with Crippen molar-refractivity contribution in [3.05, 3.63) is 46.4 Å². The topological polar surface area (TPSA) is 54.9 Å². The second kappa shape index (κ2) is 7.11. The fourth-order valence-corrected chi connectivity index (χ4v) is 3.08. The van der Waals surface area contributed by atoms with Gasteiger partial charge in [-0.25, -0.2) is 9.97 Å². The Hall–Kier alpha value is -1.59. The summed E-state index contributed by atoms with van der Waals surface area (Å²) in [5.41, 5.74) is 2.50. The molecule has 2 rings (SSSR count). The molecule has 1 aromatic carbocycles. The lowest BCUT2D eigenvalue weighted by Crippen LogP contribution is -2.23. The Morgan fingerprint density at radius 2 is 2.00 bits per heavy atom. The first-order chi connectivity index (χ1) is 10.4. The normalized spacial score (nSPS) is 12.0. The molecule has 1 atom stereocenters. The van der Waals surface area contributed by atoms with E-state index in [-0.39, 0.29) is 11.2 Å². The number of nitrogens with zero attached hydrogens (tertiary/aromatic N) is 2. The van der Waals surface area contributed by atoms with E-state index in [0.29, 0.717) is 10.8 Å². The van der Waals surface area contributed by atoms with E-state index in [0.717, 1.165) is 22.0 Å². The van der Waals surface area contributed by atoms with Crippen molar-refractivity contribution >= 4 is 35.0 Å². The fraction of sp³-hybridized carbons (Fsp3) is 0.312. The van der Waals surface area contributed by atoms with Gasteiger partial charge in [0, 0.05) is 16.4 Å². The number of thioether (sulfide) groups is 1. The maximum Gasteiger partial charge on any atom is 0.237 e. The lowest BCUT2D eigenvalue weighted by Gasteiger charge is -2.14. The van der Waals surface area contributed by atoms with Crippen molar-refractivity contribution in [3.63, 3.8) is 0 Å². The summed E-state index contributed by atoms with van der Waals surface area (Å²) in [7, 11) is 0. The van der Waals surface area contributed by atoms with Crippen molar-refractivity contribution in [3.8, 4) is 0 Å². The number of halogens is 1. The number of rotatable bonds is 4. The predicted molar refractivity (Wildman–Crippen MR) is 91.6 cm³/mol. The number of amides is 1. The van der Waals surface area contributed by atoms with Crippen molar-refractivity contribution in [2.24, 2.45) is 0 Å². The second-order valence-corrected chi connectivity index (χ2v) is 6.82. The molecule has 0 bridgehead atoms. The number of aryl methyl sites for hydroxylation is 2. The standard InChI is InChI=1S/C16H18ClN3OS/c1-9-8-15(19-12(4)18-9)22-11(3)16(21)20-14-7-5-6-13(17)10(14)2/h5-8,11H,1-4H3,(H,20,21)/t11-/m0/s1. The highest BCUT2D eigenvalue weighted by Crippen LogP contribution is 2.26. The van der Waals surface area contributed by atoms with Gasteiger partial charge in [0.1, 0.15) is 10.9 Å². The molecule has 0 aliphatic carbocycles. The van der Waals surface area contributed by atoms with Crippen LogP contribution in [0.25, 0.3) is 0 Å². The highest BCUT2D eigenvalue weighted by Gasteiger charge is 2.17. The summed E-state index contributed by atoms with van der Waals surface area (Å²) in [6.45, 7) is 7.50. The van der Waals surface area contributed by atoms with E-state index in [9.17, 15) is 4.79 Å². The third-order valence-corrected chi connectivity index (χ3v) is 4.56. The van der Waals surface area contributed by atoms with Gasteiger partial charge in [0.05, 0.1) is 5.25 Å². The maximum atomic E-state index is 12.3. The number of nitrogens with one attached hydrogen (secondary N) is 1. The third kappa shape index (κ3) is 4.21. The average molecular weight is 336 g/mol. The highest BCUT2D eigenvalue weighted by atomic mass is 35.5. The largest absolute Gasteiger partial charge is 0.325 e. The van der Waals surface area contributed by atoms with Gasteiger partial charge in [0.25, 0.3) is 0 Å². The number of aromatic nitrogens is 2. The Morgan fingerprint density at radius 1 is 1.27 bits per heavy atom. The van der Waals surface area contributed by atoms with Crippen LogP contribution in [0.2, 0.25) is 5.02 Å². The van der Waals surface area contributed by atoms with Gasteiger partial charge < -0.3 is 5.32 Å².